The molecule has 0 bridgehead atoms. The summed E-state index contributed by atoms with van der Waals surface area (Å²) in [5.41, 5.74) is 0.552. The van der Waals surface area contributed by atoms with Crippen molar-refractivity contribution in [2.75, 3.05) is 11.9 Å². The van der Waals surface area contributed by atoms with Crippen molar-refractivity contribution in [1.82, 2.24) is 5.32 Å². The van der Waals surface area contributed by atoms with Crippen LogP contribution >= 0.6 is 0 Å². The van der Waals surface area contributed by atoms with Gasteiger partial charge in [0.05, 0.1) is 11.4 Å². The quantitative estimate of drug-likeness (QED) is 0.762. The minimum Gasteiger partial charge on any atom is -0.325 e. The SMILES string of the molecule is CC1CCC(NCC(=O)Nc2ccc(S(N)(=O)=O)cc2)CC1. The maximum Gasteiger partial charge on any atom is 0.238 e. The summed E-state index contributed by atoms with van der Waals surface area (Å²) >= 11 is 0. The Hall–Kier alpha value is -1.44. The van der Waals surface area contributed by atoms with Crippen molar-refractivity contribution in [1.29, 1.82) is 0 Å². The van der Waals surface area contributed by atoms with Crippen LogP contribution in [0.4, 0.5) is 5.69 Å². The zero-order valence-electron chi connectivity index (χ0n) is 12.7. The summed E-state index contributed by atoms with van der Waals surface area (Å²) in [6.45, 7) is 2.52. The molecule has 0 radical (unpaired) electrons. The van der Waals surface area contributed by atoms with Gasteiger partial charge < -0.3 is 10.6 Å². The molecule has 0 aromatic heterocycles. The van der Waals surface area contributed by atoms with Crippen molar-refractivity contribution in [3.63, 3.8) is 0 Å². The first-order chi connectivity index (χ1) is 10.3. The number of primary sulfonamides is 1. The number of carbonyl (C=O) groups excluding carboxylic acids is 1. The molecule has 1 aliphatic carbocycles. The molecule has 122 valence electrons. The maximum absolute atomic E-state index is 11.9. The van der Waals surface area contributed by atoms with Gasteiger partial charge in [-0.1, -0.05) is 6.92 Å². The van der Waals surface area contributed by atoms with Gasteiger partial charge in [-0.2, -0.15) is 0 Å². The van der Waals surface area contributed by atoms with Gasteiger partial charge in [-0.15, -0.1) is 0 Å². The number of amides is 1. The van der Waals surface area contributed by atoms with Gasteiger partial charge in [-0.25, -0.2) is 13.6 Å². The lowest BCUT2D eigenvalue weighted by Gasteiger charge is -2.26. The van der Waals surface area contributed by atoms with Crippen LogP contribution < -0.4 is 15.8 Å². The molecule has 0 spiro atoms. The minimum atomic E-state index is -3.70. The predicted octanol–water partition coefficient (Wildman–Crippen LogP) is 1.44. The summed E-state index contributed by atoms with van der Waals surface area (Å²) in [7, 11) is -3.70. The number of rotatable bonds is 5. The molecule has 22 heavy (non-hydrogen) atoms. The second-order valence-corrected chi connectivity index (χ2v) is 7.52. The molecule has 7 heteroatoms. The summed E-state index contributed by atoms with van der Waals surface area (Å²) in [6.07, 6.45) is 4.62. The van der Waals surface area contributed by atoms with E-state index in [1.807, 2.05) is 0 Å². The number of sulfonamides is 1. The van der Waals surface area contributed by atoms with Crippen molar-refractivity contribution in [3.8, 4) is 0 Å². The predicted molar refractivity (Wildman–Crippen MR) is 85.9 cm³/mol. The molecule has 1 amide bonds. The van der Waals surface area contributed by atoms with Gasteiger partial charge in [0, 0.05) is 11.7 Å². The minimum absolute atomic E-state index is 0.0277. The Kier molecular flexibility index (Phi) is 5.55. The van der Waals surface area contributed by atoms with E-state index >= 15 is 0 Å². The van der Waals surface area contributed by atoms with E-state index in [0.29, 0.717) is 11.7 Å². The van der Waals surface area contributed by atoms with Crippen LogP contribution in [-0.4, -0.2) is 26.9 Å². The molecule has 6 nitrogen and oxygen atoms in total. The number of hydrogen-bond acceptors (Lipinski definition) is 4. The molecule has 1 aromatic rings. The second-order valence-electron chi connectivity index (χ2n) is 5.96. The molecule has 1 saturated carbocycles. The normalized spacial score (nSPS) is 22.3. The van der Waals surface area contributed by atoms with Crippen LogP contribution in [0.1, 0.15) is 32.6 Å². The first-order valence-corrected chi connectivity index (χ1v) is 9.05. The molecule has 0 unspecified atom stereocenters. The molecule has 0 heterocycles. The van der Waals surface area contributed by atoms with Crippen molar-refractivity contribution in [2.24, 2.45) is 11.1 Å². The number of nitrogens with one attached hydrogen (secondary N) is 2. The van der Waals surface area contributed by atoms with Crippen molar-refractivity contribution >= 4 is 21.6 Å². The lowest BCUT2D eigenvalue weighted by molar-refractivity contribution is -0.115. The van der Waals surface area contributed by atoms with E-state index in [2.05, 4.69) is 17.6 Å². The van der Waals surface area contributed by atoms with Crippen molar-refractivity contribution in [3.05, 3.63) is 24.3 Å². The number of nitrogens with two attached hydrogens (primary N) is 1. The largest absolute Gasteiger partial charge is 0.325 e. The van der Waals surface area contributed by atoms with E-state index in [1.54, 1.807) is 0 Å². The Morgan fingerprint density at radius 2 is 1.77 bits per heavy atom. The zero-order chi connectivity index (χ0) is 16.2. The van der Waals surface area contributed by atoms with Gasteiger partial charge in [0.15, 0.2) is 0 Å². The third-order valence-corrected chi connectivity index (χ3v) is 4.96. The van der Waals surface area contributed by atoms with E-state index < -0.39 is 10.0 Å². The van der Waals surface area contributed by atoms with E-state index in [0.717, 1.165) is 18.8 Å². The standard InChI is InChI=1S/C15H23N3O3S/c1-11-2-4-12(5-3-11)17-10-15(19)18-13-6-8-14(9-7-13)22(16,20)21/h6-9,11-12,17H,2-5,10H2,1H3,(H,18,19)(H2,16,20,21). The molecule has 0 atom stereocenters. The monoisotopic (exact) mass is 325 g/mol. The topological polar surface area (TPSA) is 101 Å². The van der Waals surface area contributed by atoms with Crippen LogP contribution in [0.15, 0.2) is 29.2 Å². The molecular formula is C15H23N3O3S. The highest BCUT2D eigenvalue weighted by atomic mass is 32.2. The molecule has 0 saturated heterocycles. The van der Waals surface area contributed by atoms with Gasteiger partial charge >= 0.3 is 0 Å². The molecule has 0 aliphatic heterocycles. The van der Waals surface area contributed by atoms with Crippen LogP contribution in [-0.2, 0) is 14.8 Å². The highest BCUT2D eigenvalue weighted by Crippen LogP contribution is 2.23. The van der Waals surface area contributed by atoms with Gasteiger partial charge in [0.25, 0.3) is 0 Å². The van der Waals surface area contributed by atoms with E-state index in [1.165, 1.54) is 37.1 Å². The van der Waals surface area contributed by atoms with Gasteiger partial charge in [0.1, 0.15) is 0 Å². The number of benzene rings is 1. The summed E-state index contributed by atoms with van der Waals surface area (Å²) in [5, 5.41) is 11.0. The first-order valence-electron chi connectivity index (χ1n) is 7.50. The highest BCUT2D eigenvalue weighted by molar-refractivity contribution is 7.89. The summed E-state index contributed by atoms with van der Waals surface area (Å²) in [5.74, 6) is 0.645. The van der Waals surface area contributed by atoms with Crippen LogP contribution in [0.25, 0.3) is 0 Å². The van der Waals surface area contributed by atoms with Crippen LogP contribution in [0.5, 0.6) is 0 Å². The average Bonchev–Trinajstić information content (AvgIpc) is 2.46. The molecule has 1 aliphatic rings. The maximum atomic E-state index is 11.9. The summed E-state index contributed by atoms with van der Waals surface area (Å²) in [4.78, 5) is 11.9. The molecule has 2 rings (SSSR count). The third-order valence-electron chi connectivity index (χ3n) is 4.03. The van der Waals surface area contributed by atoms with Gasteiger partial charge in [-0.05, 0) is 55.9 Å². The first kappa shape index (κ1) is 16.9. The van der Waals surface area contributed by atoms with E-state index in [9.17, 15) is 13.2 Å². The number of hydrogen-bond donors (Lipinski definition) is 3. The Morgan fingerprint density at radius 1 is 1.18 bits per heavy atom. The fraction of sp³-hybridized carbons (Fsp3) is 0.533. The van der Waals surface area contributed by atoms with Crippen molar-refractivity contribution in [2.45, 2.75) is 43.5 Å². The van der Waals surface area contributed by atoms with Gasteiger partial charge in [-0.3, -0.25) is 4.79 Å². The van der Waals surface area contributed by atoms with Gasteiger partial charge in [0.2, 0.25) is 15.9 Å². The summed E-state index contributed by atoms with van der Waals surface area (Å²) in [6, 6.07) is 6.22. The Balaban J connectivity index is 1.79. The Labute approximate surface area is 131 Å². The second kappa shape index (κ2) is 7.21. The zero-order valence-corrected chi connectivity index (χ0v) is 13.5. The smallest absolute Gasteiger partial charge is 0.238 e. The van der Waals surface area contributed by atoms with Crippen LogP contribution in [0.3, 0.4) is 0 Å². The molecule has 1 fully saturated rings. The molecular weight excluding hydrogens is 302 g/mol. The molecule has 4 N–H and O–H groups in total. The Morgan fingerprint density at radius 3 is 2.32 bits per heavy atom. The fourth-order valence-corrected chi connectivity index (χ4v) is 3.15. The highest BCUT2D eigenvalue weighted by Gasteiger charge is 2.18. The van der Waals surface area contributed by atoms with E-state index in [-0.39, 0.29) is 17.3 Å². The number of anilines is 1. The molecule has 1 aromatic carbocycles. The summed E-state index contributed by atoms with van der Waals surface area (Å²) < 4.78 is 22.3. The lowest BCUT2D eigenvalue weighted by atomic mass is 9.87. The van der Waals surface area contributed by atoms with E-state index in [4.69, 9.17) is 5.14 Å². The number of carbonyl (C=O) groups is 1. The Bertz CT molecular complexity index is 605. The average molecular weight is 325 g/mol. The van der Waals surface area contributed by atoms with Crippen LogP contribution in [0, 0.1) is 5.92 Å². The van der Waals surface area contributed by atoms with Crippen LogP contribution in [0.2, 0.25) is 0 Å². The van der Waals surface area contributed by atoms with Crippen molar-refractivity contribution < 1.29 is 13.2 Å². The fourth-order valence-electron chi connectivity index (χ4n) is 2.63. The lowest BCUT2D eigenvalue weighted by Crippen LogP contribution is -2.38. The third kappa shape index (κ3) is 5.08.